The van der Waals surface area contributed by atoms with Crippen molar-refractivity contribution >= 4 is 23.1 Å². The van der Waals surface area contributed by atoms with Crippen molar-refractivity contribution in [3.63, 3.8) is 0 Å². The Morgan fingerprint density at radius 3 is 2.75 bits per heavy atom. The molecular weight excluding hydrogens is 334 g/mol. The first kappa shape index (κ1) is 17.9. The van der Waals surface area contributed by atoms with Crippen molar-refractivity contribution in [2.24, 2.45) is 0 Å². The van der Waals surface area contributed by atoms with E-state index in [1.807, 2.05) is 20.8 Å². The maximum Gasteiger partial charge on any atom is 0.287 e. The normalized spacial score (nSPS) is 11.8. The van der Waals surface area contributed by atoms with Crippen LogP contribution in [0.3, 0.4) is 0 Å². The number of ether oxygens (including phenoxy) is 1. The standard InChI is InChI=1S/C15H18ClN5O3/c1-4-12-14(16)15(20-10(3)19-12)18-9(2)8-24-13-6-5-11(7-17-13)21(22)23/h5-7,9H,4,8H2,1-3H3,(H,18,19,20). The lowest BCUT2D eigenvalue weighted by atomic mass is 10.3. The minimum atomic E-state index is -0.508. The number of hydrogen-bond acceptors (Lipinski definition) is 7. The molecule has 2 aromatic rings. The van der Waals surface area contributed by atoms with Gasteiger partial charge in [-0.1, -0.05) is 18.5 Å². The van der Waals surface area contributed by atoms with Gasteiger partial charge in [-0.3, -0.25) is 10.1 Å². The SMILES string of the molecule is CCc1nc(C)nc(NC(C)COc2ccc([N+](=O)[O-])cn2)c1Cl. The highest BCUT2D eigenvalue weighted by Gasteiger charge is 2.13. The van der Waals surface area contributed by atoms with E-state index in [1.54, 1.807) is 0 Å². The second kappa shape index (κ2) is 7.87. The molecule has 1 atom stereocenters. The zero-order valence-electron chi connectivity index (χ0n) is 13.6. The molecule has 1 N–H and O–H groups in total. The van der Waals surface area contributed by atoms with E-state index in [0.29, 0.717) is 35.6 Å². The number of nitrogens with zero attached hydrogens (tertiary/aromatic N) is 4. The van der Waals surface area contributed by atoms with E-state index in [2.05, 4.69) is 20.3 Å². The summed E-state index contributed by atoms with van der Waals surface area (Å²) in [6.45, 7) is 5.99. The van der Waals surface area contributed by atoms with Gasteiger partial charge < -0.3 is 10.1 Å². The summed E-state index contributed by atoms with van der Waals surface area (Å²) in [5, 5.41) is 14.3. The molecule has 0 aliphatic heterocycles. The Bertz CT molecular complexity index is 724. The second-order valence-electron chi connectivity index (χ2n) is 5.20. The third kappa shape index (κ3) is 4.51. The van der Waals surface area contributed by atoms with Gasteiger partial charge in [0.2, 0.25) is 5.88 Å². The predicted molar refractivity (Wildman–Crippen MR) is 90.6 cm³/mol. The molecule has 0 bridgehead atoms. The van der Waals surface area contributed by atoms with Crippen LogP contribution >= 0.6 is 11.6 Å². The van der Waals surface area contributed by atoms with Crippen molar-refractivity contribution in [1.29, 1.82) is 0 Å². The number of halogens is 1. The molecule has 24 heavy (non-hydrogen) atoms. The molecule has 2 aromatic heterocycles. The zero-order valence-corrected chi connectivity index (χ0v) is 14.4. The number of aryl methyl sites for hydroxylation is 2. The van der Waals surface area contributed by atoms with Crippen molar-refractivity contribution in [2.75, 3.05) is 11.9 Å². The summed E-state index contributed by atoms with van der Waals surface area (Å²) in [5.74, 6) is 1.52. The fraction of sp³-hybridized carbons (Fsp3) is 0.400. The molecule has 128 valence electrons. The Morgan fingerprint density at radius 2 is 2.17 bits per heavy atom. The van der Waals surface area contributed by atoms with E-state index in [9.17, 15) is 10.1 Å². The van der Waals surface area contributed by atoms with E-state index in [4.69, 9.17) is 16.3 Å². The number of nitrogens with one attached hydrogen (secondary N) is 1. The Balaban J connectivity index is 1.97. The van der Waals surface area contributed by atoms with Crippen molar-refractivity contribution in [1.82, 2.24) is 15.0 Å². The first-order chi connectivity index (χ1) is 11.4. The van der Waals surface area contributed by atoms with E-state index >= 15 is 0 Å². The van der Waals surface area contributed by atoms with Crippen LogP contribution in [0.25, 0.3) is 0 Å². The Kier molecular flexibility index (Phi) is 5.86. The Hall–Kier alpha value is -2.48. The molecule has 0 aliphatic carbocycles. The summed E-state index contributed by atoms with van der Waals surface area (Å²) < 4.78 is 5.52. The van der Waals surface area contributed by atoms with Crippen LogP contribution in [-0.2, 0) is 6.42 Å². The minimum Gasteiger partial charge on any atom is -0.475 e. The molecule has 0 spiro atoms. The van der Waals surface area contributed by atoms with E-state index in [1.165, 1.54) is 12.1 Å². The van der Waals surface area contributed by atoms with Gasteiger partial charge in [0.1, 0.15) is 29.5 Å². The summed E-state index contributed by atoms with van der Waals surface area (Å²) >= 11 is 6.28. The number of rotatable bonds is 7. The Morgan fingerprint density at radius 1 is 1.42 bits per heavy atom. The molecule has 0 amide bonds. The van der Waals surface area contributed by atoms with Gasteiger partial charge in [0.05, 0.1) is 16.7 Å². The van der Waals surface area contributed by atoms with Crippen LogP contribution in [0, 0.1) is 17.0 Å². The van der Waals surface area contributed by atoms with Crippen molar-refractivity contribution < 1.29 is 9.66 Å². The summed E-state index contributed by atoms with van der Waals surface area (Å²) in [4.78, 5) is 22.6. The first-order valence-corrected chi connectivity index (χ1v) is 7.81. The number of hydrogen-bond donors (Lipinski definition) is 1. The number of anilines is 1. The summed E-state index contributed by atoms with van der Waals surface area (Å²) in [7, 11) is 0. The number of nitro groups is 1. The molecule has 2 rings (SSSR count). The van der Waals surface area contributed by atoms with Gasteiger partial charge in [-0.25, -0.2) is 15.0 Å². The maximum atomic E-state index is 10.6. The lowest BCUT2D eigenvalue weighted by Crippen LogP contribution is -2.25. The fourth-order valence-electron chi connectivity index (χ4n) is 2.00. The number of pyridine rings is 1. The van der Waals surface area contributed by atoms with E-state index < -0.39 is 4.92 Å². The average molecular weight is 352 g/mol. The van der Waals surface area contributed by atoms with Crippen LogP contribution in [0.2, 0.25) is 5.02 Å². The molecule has 0 fully saturated rings. The van der Waals surface area contributed by atoms with Crippen LogP contribution in [-0.4, -0.2) is 32.5 Å². The molecule has 1 unspecified atom stereocenters. The topological polar surface area (TPSA) is 103 Å². The van der Waals surface area contributed by atoms with Gasteiger partial charge in [0.15, 0.2) is 0 Å². The van der Waals surface area contributed by atoms with Crippen molar-refractivity contribution in [3.8, 4) is 5.88 Å². The Labute approximate surface area is 144 Å². The van der Waals surface area contributed by atoms with Gasteiger partial charge in [-0.2, -0.15) is 0 Å². The molecule has 9 heteroatoms. The maximum absolute atomic E-state index is 10.6. The first-order valence-electron chi connectivity index (χ1n) is 7.43. The fourth-order valence-corrected chi connectivity index (χ4v) is 2.27. The summed E-state index contributed by atoms with van der Waals surface area (Å²) in [6, 6.07) is 2.71. The van der Waals surface area contributed by atoms with Crippen LogP contribution in [0.15, 0.2) is 18.3 Å². The van der Waals surface area contributed by atoms with Gasteiger partial charge in [0, 0.05) is 12.1 Å². The third-order valence-electron chi connectivity index (χ3n) is 3.16. The van der Waals surface area contributed by atoms with E-state index in [0.717, 1.165) is 11.9 Å². The van der Waals surface area contributed by atoms with Gasteiger partial charge >= 0.3 is 0 Å². The van der Waals surface area contributed by atoms with Gasteiger partial charge in [-0.15, -0.1) is 0 Å². The van der Waals surface area contributed by atoms with Crippen LogP contribution in [0.4, 0.5) is 11.5 Å². The zero-order chi connectivity index (χ0) is 17.7. The molecule has 0 aliphatic rings. The van der Waals surface area contributed by atoms with E-state index in [-0.39, 0.29) is 11.7 Å². The van der Waals surface area contributed by atoms with Crippen molar-refractivity contribution in [2.45, 2.75) is 33.2 Å². The van der Waals surface area contributed by atoms with Gasteiger partial charge in [-0.05, 0) is 20.3 Å². The molecule has 0 saturated carbocycles. The summed E-state index contributed by atoms with van der Waals surface area (Å²) in [6.07, 6.45) is 1.88. The van der Waals surface area contributed by atoms with Crippen LogP contribution < -0.4 is 10.1 Å². The van der Waals surface area contributed by atoms with Crippen LogP contribution in [0.1, 0.15) is 25.4 Å². The molecule has 2 heterocycles. The molecular formula is C15H18ClN5O3. The molecule has 8 nitrogen and oxygen atoms in total. The quantitative estimate of drug-likeness (QED) is 0.603. The molecule has 0 aromatic carbocycles. The predicted octanol–water partition coefficient (Wildman–Crippen LogP) is 3.18. The highest BCUT2D eigenvalue weighted by molar-refractivity contribution is 6.33. The second-order valence-corrected chi connectivity index (χ2v) is 5.58. The highest BCUT2D eigenvalue weighted by atomic mass is 35.5. The van der Waals surface area contributed by atoms with Gasteiger partial charge in [0.25, 0.3) is 5.69 Å². The molecule has 0 saturated heterocycles. The smallest absolute Gasteiger partial charge is 0.287 e. The lowest BCUT2D eigenvalue weighted by molar-refractivity contribution is -0.385. The average Bonchev–Trinajstić information content (AvgIpc) is 2.56. The highest BCUT2D eigenvalue weighted by Crippen LogP contribution is 2.24. The lowest BCUT2D eigenvalue weighted by Gasteiger charge is -2.17. The minimum absolute atomic E-state index is 0.0798. The summed E-state index contributed by atoms with van der Waals surface area (Å²) in [5.41, 5.74) is 0.709. The third-order valence-corrected chi connectivity index (χ3v) is 3.56. The largest absolute Gasteiger partial charge is 0.475 e. The number of aromatic nitrogens is 3. The van der Waals surface area contributed by atoms with Crippen molar-refractivity contribution in [3.05, 3.63) is 45.0 Å². The monoisotopic (exact) mass is 351 g/mol. The molecule has 0 radical (unpaired) electrons. The van der Waals surface area contributed by atoms with Crippen LogP contribution in [0.5, 0.6) is 5.88 Å².